The van der Waals surface area contributed by atoms with E-state index in [2.05, 4.69) is 15.4 Å². The first kappa shape index (κ1) is 23.6. The highest BCUT2D eigenvalue weighted by Crippen LogP contribution is 2.16. The van der Waals surface area contributed by atoms with Crippen LogP contribution in [0.25, 0.3) is 0 Å². The summed E-state index contributed by atoms with van der Waals surface area (Å²) in [6, 6.07) is 12.3. The van der Waals surface area contributed by atoms with Crippen molar-refractivity contribution in [1.29, 1.82) is 0 Å². The van der Waals surface area contributed by atoms with Crippen molar-refractivity contribution < 1.29 is 27.5 Å². The Morgan fingerprint density at radius 1 is 1.00 bits per heavy atom. The lowest BCUT2D eigenvalue weighted by atomic mass is 10.2. The van der Waals surface area contributed by atoms with Gasteiger partial charge in [-0.25, -0.2) is 17.9 Å². The second-order valence-corrected chi connectivity index (χ2v) is 8.19. The van der Waals surface area contributed by atoms with Crippen LogP contribution in [0.1, 0.15) is 6.42 Å². The Bertz CT molecular complexity index is 984. The third-order valence-electron chi connectivity index (χ3n) is 3.66. The summed E-state index contributed by atoms with van der Waals surface area (Å²) >= 11 is 5.81. The molecule has 0 aliphatic heterocycles. The standard InChI is InChI=1S/C19H22ClN3O6S/c1-28-10-11-29-19(25)23-16-6-3-5-15(13-16)22-18(24)8-9-21-30(26,27)17-7-2-4-14(20)12-17/h2-7,12-13,21H,8-11H2,1H3,(H,22,24)(H,23,25). The van der Waals surface area contributed by atoms with Crippen LogP contribution in [0.2, 0.25) is 5.02 Å². The van der Waals surface area contributed by atoms with E-state index in [1.165, 1.54) is 25.3 Å². The lowest BCUT2D eigenvalue weighted by molar-refractivity contribution is -0.116. The van der Waals surface area contributed by atoms with Crippen LogP contribution in [0.4, 0.5) is 16.2 Å². The van der Waals surface area contributed by atoms with Crippen molar-refractivity contribution in [3.05, 3.63) is 53.6 Å². The Labute approximate surface area is 179 Å². The van der Waals surface area contributed by atoms with Crippen LogP contribution in [-0.2, 0) is 24.3 Å². The van der Waals surface area contributed by atoms with E-state index in [1.807, 2.05) is 0 Å². The molecule has 0 bridgehead atoms. The number of amides is 2. The number of hydrogen-bond acceptors (Lipinski definition) is 6. The fourth-order valence-electron chi connectivity index (χ4n) is 2.29. The molecule has 0 fully saturated rings. The van der Waals surface area contributed by atoms with Crippen LogP contribution in [0, 0.1) is 0 Å². The zero-order chi connectivity index (χ0) is 22.0. The highest BCUT2D eigenvalue weighted by Gasteiger charge is 2.14. The van der Waals surface area contributed by atoms with Crippen LogP contribution in [-0.4, -0.2) is 47.3 Å². The molecule has 3 N–H and O–H groups in total. The summed E-state index contributed by atoms with van der Waals surface area (Å²) in [5.74, 6) is -0.399. The quantitative estimate of drug-likeness (QED) is 0.473. The van der Waals surface area contributed by atoms with Crippen LogP contribution in [0.5, 0.6) is 0 Å². The van der Waals surface area contributed by atoms with Gasteiger partial charge in [0.15, 0.2) is 0 Å². The molecule has 30 heavy (non-hydrogen) atoms. The minimum Gasteiger partial charge on any atom is -0.447 e. The summed E-state index contributed by atoms with van der Waals surface area (Å²) in [4.78, 5) is 23.8. The van der Waals surface area contributed by atoms with E-state index in [-0.39, 0.29) is 31.1 Å². The molecule has 2 rings (SSSR count). The number of hydrogen-bond donors (Lipinski definition) is 3. The van der Waals surface area contributed by atoms with Crippen LogP contribution in [0.3, 0.4) is 0 Å². The van der Waals surface area contributed by atoms with Gasteiger partial charge in [-0.05, 0) is 36.4 Å². The van der Waals surface area contributed by atoms with Crippen molar-refractivity contribution in [3.8, 4) is 0 Å². The molecular formula is C19H22ClN3O6S. The lowest BCUT2D eigenvalue weighted by Gasteiger charge is -2.10. The first-order chi connectivity index (χ1) is 14.3. The van der Waals surface area contributed by atoms with Crippen molar-refractivity contribution in [2.75, 3.05) is 37.5 Å². The summed E-state index contributed by atoms with van der Waals surface area (Å²) in [6.07, 6.45) is -0.734. The molecule has 0 saturated carbocycles. The molecule has 0 heterocycles. The molecule has 2 aromatic rings. The smallest absolute Gasteiger partial charge is 0.411 e. The van der Waals surface area contributed by atoms with Crippen molar-refractivity contribution in [2.24, 2.45) is 0 Å². The van der Waals surface area contributed by atoms with E-state index in [0.29, 0.717) is 16.4 Å². The molecule has 0 unspecified atom stereocenters. The summed E-state index contributed by atoms with van der Waals surface area (Å²) in [5.41, 5.74) is 0.865. The summed E-state index contributed by atoms with van der Waals surface area (Å²) in [6.45, 7) is 0.304. The third kappa shape index (κ3) is 7.99. The van der Waals surface area contributed by atoms with E-state index in [4.69, 9.17) is 21.1 Å². The predicted octanol–water partition coefficient (Wildman–Crippen LogP) is 2.84. The minimum atomic E-state index is -3.77. The van der Waals surface area contributed by atoms with Gasteiger partial charge in [0.25, 0.3) is 0 Å². The van der Waals surface area contributed by atoms with Crippen molar-refractivity contribution in [2.45, 2.75) is 11.3 Å². The van der Waals surface area contributed by atoms with Gasteiger partial charge < -0.3 is 14.8 Å². The first-order valence-electron chi connectivity index (χ1n) is 8.88. The SMILES string of the molecule is COCCOC(=O)Nc1cccc(NC(=O)CCNS(=O)(=O)c2cccc(Cl)c2)c1. The van der Waals surface area contributed by atoms with Gasteiger partial charge in [0.05, 0.1) is 11.5 Å². The second kappa shape index (κ2) is 11.5. The zero-order valence-corrected chi connectivity index (χ0v) is 17.8. The lowest BCUT2D eigenvalue weighted by Crippen LogP contribution is -2.27. The van der Waals surface area contributed by atoms with Crippen molar-refractivity contribution >= 4 is 45.0 Å². The first-order valence-corrected chi connectivity index (χ1v) is 10.7. The van der Waals surface area contributed by atoms with Gasteiger partial charge in [0.2, 0.25) is 15.9 Å². The normalized spacial score (nSPS) is 11.0. The number of carbonyl (C=O) groups excluding carboxylic acids is 2. The molecule has 2 amide bonds. The molecule has 9 nitrogen and oxygen atoms in total. The van der Waals surface area contributed by atoms with Crippen LogP contribution in [0.15, 0.2) is 53.4 Å². The number of rotatable bonds is 10. The molecule has 11 heteroatoms. The van der Waals surface area contributed by atoms with Crippen LogP contribution >= 0.6 is 11.6 Å². The fourth-order valence-corrected chi connectivity index (χ4v) is 3.62. The summed E-state index contributed by atoms with van der Waals surface area (Å²) in [5, 5.41) is 5.46. The Kier molecular flexibility index (Phi) is 9.06. The van der Waals surface area contributed by atoms with Gasteiger partial charge >= 0.3 is 6.09 Å². The van der Waals surface area contributed by atoms with Crippen molar-refractivity contribution in [1.82, 2.24) is 4.72 Å². The zero-order valence-electron chi connectivity index (χ0n) is 16.2. The average molecular weight is 456 g/mol. The average Bonchev–Trinajstić information content (AvgIpc) is 2.68. The van der Waals surface area contributed by atoms with Gasteiger partial charge in [-0.1, -0.05) is 23.7 Å². The highest BCUT2D eigenvalue weighted by molar-refractivity contribution is 7.89. The fraction of sp³-hybridized carbons (Fsp3) is 0.263. The van der Waals surface area contributed by atoms with E-state index in [0.717, 1.165) is 0 Å². The van der Waals surface area contributed by atoms with E-state index in [9.17, 15) is 18.0 Å². The number of sulfonamides is 1. The maximum absolute atomic E-state index is 12.2. The predicted molar refractivity (Wildman–Crippen MR) is 113 cm³/mol. The third-order valence-corrected chi connectivity index (χ3v) is 5.36. The second-order valence-electron chi connectivity index (χ2n) is 5.99. The molecule has 0 aromatic heterocycles. The molecule has 0 saturated heterocycles. The number of methoxy groups -OCH3 is 1. The van der Waals surface area contributed by atoms with Gasteiger partial charge in [0, 0.05) is 36.5 Å². The van der Waals surface area contributed by atoms with Crippen LogP contribution < -0.4 is 15.4 Å². The monoisotopic (exact) mass is 455 g/mol. The number of ether oxygens (including phenoxy) is 2. The molecule has 0 atom stereocenters. The van der Waals surface area contributed by atoms with E-state index in [1.54, 1.807) is 30.3 Å². The molecule has 0 aliphatic carbocycles. The number of halogens is 1. The number of carbonyl (C=O) groups is 2. The Hall–Kier alpha value is -2.66. The maximum atomic E-state index is 12.2. The van der Waals surface area contributed by atoms with Gasteiger partial charge in [-0.2, -0.15) is 0 Å². The number of anilines is 2. The van der Waals surface area contributed by atoms with Gasteiger partial charge in [0.1, 0.15) is 6.61 Å². The molecule has 0 spiro atoms. The summed E-state index contributed by atoms with van der Waals surface area (Å²) in [7, 11) is -2.27. The Balaban J connectivity index is 1.83. The number of nitrogens with one attached hydrogen (secondary N) is 3. The largest absolute Gasteiger partial charge is 0.447 e. The minimum absolute atomic E-state index is 0.0200. The highest BCUT2D eigenvalue weighted by atomic mass is 35.5. The molecule has 0 aliphatic rings. The molecular weight excluding hydrogens is 434 g/mol. The summed E-state index contributed by atoms with van der Waals surface area (Å²) < 4.78 is 36.4. The van der Waals surface area contributed by atoms with Gasteiger partial charge in [-0.3, -0.25) is 10.1 Å². The van der Waals surface area contributed by atoms with Gasteiger partial charge in [-0.15, -0.1) is 0 Å². The maximum Gasteiger partial charge on any atom is 0.411 e. The van der Waals surface area contributed by atoms with E-state index >= 15 is 0 Å². The van der Waals surface area contributed by atoms with Crippen molar-refractivity contribution in [3.63, 3.8) is 0 Å². The molecule has 2 aromatic carbocycles. The topological polar surface area (TPSA) is 123 Å². The molecule has 0 radical (unpaired) electrons. The Morgan fingerprint density at radius 3 is 2.40 bits per heavy atom. The van der Waals surface area contributed by atoms with E-state index < -0.39 is 22.0 Å². The Morgan fingerprint density at radius 2 is 1.70 bits per heavy atom. The number of benzene rings is 2. The molecule has 162 valence electrons.